The van der Waals surface area contributed by atoms with Gasteiger partial charge in [0.05, 0.1) is 18.4 Å². The molecule has 0 fully saturated rings. The van der Waals surface area contributed by atoms with Crippen LogP contribution in [0, 0.1) is 0 Å². The Morgan fingerprint density at radius 3 is 2.55 bits per heavy atom. The third-order valence-corrected chi connectivity index (χ3v) is 3.44. The SMILES string of the molecule is CCC(CC)(CO)NC(=O)CCNC(=O)c1ccco1. The zero-order valence-electron chi connectivity index (χ0n) is 11.9. The van der Waals surface area contributed by atoms with E-state index in [0.717, 1.165) is 0 Å². The van der Waals surface area contributed by atoms with Gasteiger partial charge in [-0.15, -0.1) is 0 Å². The molecule has 1 aromatic heterocycles. The van der Waals surface area contributed by atoms with Crippen LogP contribution in [0.2, 0.25) is 0 Å². The summed E-state index contributed by atoms with van der Waals surface area (Å²) in [5.41, 5.74) is -0.567. The molecule has 1 rings (SSSR count). The summed E-state index contributed by atoms with van der Waals surface area (Å²) in [6.45, 7) is 3.96. The number of carbonyl (C=O) groups is 2. The lowest BCUT2D eigenvalue weighted by atomic mass is 9.94. The summed E-state index contributed by atoms with van der Waals surface area (Å²) < 4.78 is 4.94. The van der Waals surface area contributed by atoms with Crippen LogP contribution in [-0.4, -0.2) is 35.6 Å². The lowest BCUT2D eigenvalue weighted by Gasteiger charge is -2.30. The average Bonchev–Trinajstić information content (AvgIpc) is 2.99. The standard InChI is InChI=1S/C14H22N2O4/c1-3-14(4-2,10-17)16-12(18)7-8-15-13(19)11-6-5-9-20-11/h5-6,9,17H,3-4,7-8,10H2,1-2H3,(H,15,19)(H,16,18). The van der Waals surface area contributed by atoms with Gasteiger partial charge in [0.1, 0.15) is 0 Å². The molecule has 6 nitrogen and oxygen atoms in total. The number of hydrogen-bond acceptors (Lipinski definition) is 4. The van der Waals surface area contributed by atoms with E-state index in [1.54, 1.807) is 12.1 Å². The monoisotopic (exact) mass is 282 g/mol. The molecule has 0 bridgehead atoms. The molecule has 3 N–H and O–H groups in total. The number of carbonyl (C=O) groups excluding carboxylic acids is 2. The van der Waals surface area contributed by atoms with E-state index in [0.29, 0.717) is 12.8 Å². The van der Waals surface area contributed by atoms with Crippen molar-refractivity contribution in [1.82, 2.24) is 10.6 Å². The van der Waals surface area contributed by atoms with Crippen LogP contribution >= 0.6 is 0 Å². The first-order valence-corrected chi connectivity index (χ1v) is 6.80. The number of aliphatic hydroxyl groups excluding tert-OH is 1. The molecule has 6 heteroatoms. The molecule has 2 amide bonds. The van der Waals surface area contributed by atoms with Crippen LogP contribution in [0.15, 0.2) is 22.8 Å². The van der Waals surface area contributed by atoms with Crippen molar-refractivity contribution in [3.8, 4) is 0 Å². The average molecular weight is 282 g/mol. The van der Waals surface area contributed by atoms with E-state index in [9.17, 15) is 14.7 Å². The number of amides is 2. The second-order valence-electron chi connectivity index (χ2n) is 4.68. The Morgan fingerprint density at radius 2 is 2.05 bits per heavy atom. The fourth-order valence-corrected chi connectivity index (χ4v) is 1.83. The minimum absolute atomic E-state index is 0.0928. The summed E-state index contributed by atoms with van der Waals surface area (Å²) in [4.78, 5) is 23.4. The summed E-state index contributed by atoms with van der Waals surface area (Å²) in [5.74, 6) is -0.318. The number of furan rings is 1. The molecule has 0 aliphatic heterocycles. The van der Waals surface area contributed by atoms with E-state index in [1.807, 2.05) is 13.8 Å². The number of aliphatic hydroxyl groups is 1. The molecule has 20 heavy (non-hydrogen) atoms. The maximum absolute atomic E-state index is 11.8. The number of hydrogen-bond donors (Lipinski definition) is 3. The van der Waals surface area contributed by atoms with E-state index in [4.69, 9.17) is 4.42 Å². The second kappa shape index (κ2) is 7.69. The third-order valence-electron chi connectivity index (χ3n) is 3.44. The van der Waals surface area contributed by atoms with Crippen LogP contribution in [0.4, 0.5) is 0 Å². The lowest BCUT2D eigenvalue weighted by Crippen LogP contribution is -2.51. The first-order chi connectivity index (χ1) is 9.56. The van der Waals surface area contributed by atoms with Crippen molar-refractivity contribution in [2.24, 2.45) is 0 Å². The van der Waals surface area contributed by atoms with Gasteiger partial charge < -0.3 is 20.2 Å². The van der Waals surface area contributed by atoms with Gasteiger partial charge in [-0.05, 0) is 25.0 Å². The molecule has 1 aromatic rings. The van der Waals surface area contributed by atoms with Crippen molar-refractivity contribution in [3.63, 3.8) is 0 Å². The molecule has 0 saturated carbocycles. The van der Waals surface area contributed by atoms with Crippen LogP contribution in [0.1, 0.15) is 43.7 Å². The van der Waals surface area contributed by atoms with Crippen LogP contribution in [0.5, 0.6) is 0 Å². The maximum atomic E-state index is 11.8. The van der Waals surface area contributed by atoms with Crippen LogP contribution in [0.3, 0.4) is 0 Å². The molecule has 0 radical (unpaired) electrons. The predicted molar refractivity (Wildman–Crippen MR) is 74.2 cm³/mol. The Hall–Kier alpha value is -1.82. The minimum atomic E-state index is -0.567. The Bertz CT molecular complexity index is 416. The van der Waals surface area contributed by atoms with E-state index in [1.165, 1.54) is 6.26 Å². The van der Waals surface area contributed by atoms with Gasteiger partial charge in [-0.1, -0.05) is 13.8 Å². The highest BCUT2D eigenvalue weighted by Gasteiger charge is 2.26. The lowest BCUT2D eigenvalue weighted by molar-refractivity contribution is -0.123. The fourth-order valence-electron chi connectivity index (χ4n) is 1.83. The summed E-state index contributed by atoms with van der Waals surface area (Å²) >= 11 is 0. The largest absolute Gasteiger partial charge is 0.459 e. The van der Waals surface area contributed by atoms with Crippen LogP contribution < -0.4 is 10.6 Å². The minimum Gasteiger partial charge on any atom is -0.459 e. The van der Waals surface area contributed by atoms with Gasteiger partial charge in [-0.3, -0.25) is 9.59 Å². The van der Waals surface area contributed by atoms with Crippen molar-refractivity contribution in [2.45, 2.75) is 38.6 Å². The zero-order valence-corrected chi connectivity index (χ0v) is 11.9. The van der Waals surface area contributed by atoms with Crippen LogP contribution in [0.25, 0.3) is 0 Å². The van der Waals surface area contributed by atoms with Crippen molar-refractivity contribution in [1.29, 1.82) is 0 Å². The van der Waals surface area contributed by atoms with Crippen LogP contribution in [-0.2, 0) is 4.79 Å². The van der Waals surface area contributed by atoms with Gasteiger partial charge >= 0.3 is 0 Å². The van der Waals surface area contributed by atoms with E-state index in [2.05, 4.69) is 10.6 Å². The molecule has 0 aliphatic carbocycles. The highest BCUT2D eigenvalue weighted by Crippen LogP contribution is 2.14. The van der Waals surface area contributed by atoms with Gasteiger partial charge in [0.25, 0.3) is 5.91 Å². The molecule has 0 spiro atoms. The molecule has 0 atom stereocenters. The highest BCUT2D eigenvalue weighted by atomic mass is 16.3. The first kappa shape index (κ1) is 16.2. The van der Waals surface area contributed by atoms with E-state index < -0.39 is 5.54 Å². The summed E-state index contributed by atoms with van der Waals surface area (Å²) in [7, 11) is 0. The topological polar surface area (TPSA) is 91.6 Å². The Balaban J connectivity index is 2.35. The van der Waals surface area contributed by atoms with Gasteiger partial charge in [-0.2, -0.15) is 0 Å². The van der Waals surface area contributed by atoms with Gasteiger partial charge in [0.2, 0.25) is 5.91 Å². The molecule has 112 valence electrons. The van der Waals surface area contributed by atoms with Gasteiger partial charge in [0, 0.05) is 13.0 Å². The van der Waals surface area contributed by atoms with E-state index in [-0.39, 0.29) is 37.1 Å². The smallest absolute Gasteiger partial charge is 0.286 e. The van der Waals surface area contributed by atoms with Gasteiger partial charge in [-0.25, -0.2) is 0 Å². The predicted octanol–water partition coefficient (Wildman–Crippen LogP) is 1.07. The molecular weight excluding hydrogens is 260 g/mol. The van der Waals surface area contributed by atoms with E-state index >= 15 is 0 Å². The highest BCUT2D eigenvalue weighted by molar-refractivity contribution is 5.91. The molecule has 0 aliphatic rings. The zero-order chi connectivity index (χ0) is 15.0. The summed E-state index contributed by atoms with van der Waals surface area (Å²) in [6, 6.07) is 3.18. The molecule has 0 unspecified atom stereocenters. The third kappa shape index (κ3) is 4.38. The van der Waals surface area contributed by atoms with Crippen molar-refractivity contribution in [3.05, 3.63) is 24.2 Å². The normalized spacial score (nSPS) is 11.2. The second-order valence-corrected chi connectivity index (χ2v) is 4.68. The number of rotatable bonds is 8. The molecular formula is C14H22N2O4. The quantitative estimate of drug-likeness (QED) is 0.665. The Morgan fingerprint density at radius 1 is 1.35 bits per heavy atom. The summed E-state index contributed by atoms with van der Waals surface area (Å²) in [6.07, 6.45) is 2.89. The first-order valence-electron chi connectivity index (χ1n) is 6.80. The molecule has 1 heterocycles. The Kier molecular flexibility index (Phi) is 6.24. The number of nitrogens with one attached hydrogen (secondary N) is 2. The van der Waals surface area contributed by atoms with Crippen molar-refractivity contribution in [2.75, 3.05) is 13.2 Å². The Labute approximate surface area is 118 Å². The van der Waals surface area contributed by atoms with Gasteiger partial charge in [0.15, 0.2) is 5.76 Å². The fraction of sp³-hybridized carbons (Fsp3) is 0.571. The maximum Gasteiger partial charge on any atom is 0.286 e. The molecule has 0 saturated heterocycles. The summed E-state index contributed by atoms with van der Waals surface area (Å²) in [5, 5.41) is 14.8. The van der Waals surface area contributed by atoms with Crippen molar-refractivity contribution < 1.29 is 19.1 Å². The van der Waals surface area contributed by atoms with Crippen molar-refractivity contribution >= 4 is 11.8 Å². The molecule has 0 aromatic carbocycles.